The molecule has 3 heteroatoms. The second-order valence-corrected chi connectivity index (χ2v) is 16.7. The molecule has 2 nitrogen and oxygen atoms in total. The Kier molecular flexibility index (Phi) is 8.39. The number of anilines is 3. The molecule has 0 saturated heterocycles. The first-order valence-corrected chi connectivity index (χ1v) is 21.7. The highest BCUT2D eigenvalue weighted by molar-refractivity contribution is 7.26. The molecule has 0 aliphatic heterocycles. The summed E-state index contributed by atoms with van der Waals surface area (Å²) in [5.41, 5.74) is 14.0. The van der Waals surface area contributed by atoms with Gasteiger partial charge in [-0.1, -0.05) is 176 Å². The number of thiophene rings is 1. The largest absolute Gasteiger partial charge is 0.310 e. The Balaban J connectivity index is 1.12. The van der Waals surface area contributed by atoms with Gasteiger partial charge in [0.2, 0.25) is 0 Å². The number of nitrogens with zero attached hydrogens (tertiary/aromatic N) is 2. The lowest BCUT2D eigenvalue weighted by Gasteiger charge is -2.29. The lowest BCUT2D eigenvalue weighted by molar-refractivity contribution is 1.18. The summed E-state index contributed by atoms with van der Waals surface area (Å²) in [6.45, 7) is 0. The predicted molar refractivity (Wildman–Crippen MR) is 262 cm³/mol. The minimum absolute atomic E-state index is 1.08. The third kappa shape index (κ3) is 5.93. The molecule has 0 fully saturated rings. The number of para-hydroxylation sites is 2. The van der Waals surface area contributed by atoms with E-state index >= 15 is 0 Å². The van der Waals surface area contributed by atoms with Crippen LogP contribution in [-0.4, -0.2) is 4.57 Å². The van der Waals surface area contributed by atoms with Crippen molar-refractivity contribution < 1.29 is 0 Å². The van der Waals surface area contributed by atoms with Crippen molar-refractivity contribution in [2.75, 3.05) is 4.90 Å². The molecular weight excluding hydrogens is 757 g/mol. The van der Waals surface area contributed by atoms with Gasteiger partial charge in [-0.05, 0) is 82.1 Å². The van der Waals surface area contributed by atoms with E-state index in [2.05, 4.69) is 240 Å². The fraction of sp³-hybridized carbons (Fsp3) is 0. The van der Waals surface area contributed by atoms with Gasteiger partial charge in [0.15, 0.2) is 0 Å². The molecule has 0 saturated carbocycles. The number of benzene rings is 10. The van der Waals surface area contributed by atoms with Gasteiger partial charge in [-0.2, -0.15) is 0 Å². The molecule has 0 amide bonds. The van der Waals surface area contributed by atoms with E-state index in [4.69, 9.17) is 0 Å². The van der Waals surface area contributed by atoms with Crippen LogP contribution in [0.15, 0.2) is 231 Å². The molecule has 0 bridgehead atoms. The monoisotopic (exact) mass is 794 g/mol. The molecule has 0 unspecified atom stereocenters. The van der Waals surface area contributed by atoms with Gasteiger partial charge in [0, 0.05) is 59.0 Å². The van der Waals surface area contributed by atoms with Crippen molar-refractivity contribution in [2.24, 2.45) is 0 Å². The zero-order chi connectivity index (χ0) is 40.3. The van der Waals surface area contributed by atoms with Gasteiger partial charge in [-0.15, -0.1) is 11.3 Å². The number of aromatic nitrogens is 1. The third-order valence-electron chi connectivity index (χ3n) is 12.2. The molecule has 12 rings (SSSR count). The molecule has 286 valence electrons. The van der Waals surface area contributed by atoms with Crippen LogP contribution in [0.5, 0.6) is 0 Å². The van der Waals surface area contributed by atoms with Crippen molar-refractivity contribution in [3.63, 3.8) is 0 Å². The Hall–Kier alpha value is -7.72. The normalized spacial score (nSPS) is 11.6. The average Bonchev–Trinajstić information content (AvgIpc) is 3.88. The number of hydrogen-bond acceptors (Lipinski definition) is 2. The maximum absolute atomic E-state index is 2.49. The van der Waals surface area contributed by atoms with Crippen LogP contribution in [0, 0.1) is 0 Å². The van der Waals surface area contributed by atoms with Crippen LogP contribution in [0.2, 0.25) is 0 Å². The highest BCUT2D eigenvalue weighted by Crippen LogP contribution is 2.47. The Labute approximate surface area is 358 Å². The van der Waals surface area contributed by atoms with E-state index in [1.807, 2.05) is 11.3 Å². The Bertz CT molecular complexity index is 3580. The zero-order valence-electron chi connectivity index (χ0n) is 33.2. The van der Waals surface area contributed by atoms with E-state index in [9.17, 15) is 0 Å². The lowest BCUT2D eigenvalue weighted by atomic mass is 9.97. The number of rotatable bonds is 7. The quantitative estimate of drug-likeness (QED) is 0.156. The standard InChI is InChI=1S/C58H38N2S/c1-3-16-39(17-4-1)40-30-32-44(33-31-40)59(55-37-43-21-8-7-20-42(43)36-52(55)41-18-5-2-6-19-41)45-34-35-48-46-22-9-12-27-53(46)60(56(48)38-45)54-28-13-10-23-47(54)50-25-15-26-51-49-24-11-14-29-57(49)61-58(50)51/h1-38H. The van der Waals surface area contributed by atoms with E-state index < -0.39 is 0 Å². The highest BCUT2D eigenvalue weighted by atomic mass is 32.1. The van der Waals surface area contributed by atoms with Gasteiger partial charge >= 0.3 is 0 Å². The molecule has 0 spiro atoms. The van der Waals surface area contributed by atoms with E-state index in [1.54, 1.807) is 0 Å². The second-order valence-electron chi connectivity index (χ2n) is 15.7. The van der Waals surface area contributed by atoms with Crippen LogP contribution >= 0.6 is 11.3 Å². The minimum atomic E-state index is 1.08. The van der Waals surface area contributed by atoms with Crippen molar-refractivity contribution in [3.8, 4) is 39.1 Å². The molecule has 0 aliphatic rings. The topological polar surface area (TPSA) is 8.17 Å². The first-order chi connectivity index (χ1) is 30.3. The van der Waals surface area contributed by atoms with E-state index in [-0.39, 0.29) is 0 Å². The predicted octanol–water partition coefficient (Wildman–Crippen LogP) is 16.8. The highest BCUT2D eigenvalue weighted by Gasteiger charge is 2.22. The summed E-state index contributed by atoms with van der Waals surface area (Å²) in [7, 11) is 0. The Morgan fingerprint density at radius 3 is 1.75 bits per heavy atom. The van der Waals surface area contributed by atoms with Crippen molar-refractivity contribution in [2.45, 2.75) is 0 Å². The Morgan fingerprint density at radius 1 is 0.344 bits per heavy atom. The van der Waals surface area contributed by atoms with Gasteiger partial charge < -0.3 is 9.47 Å². The van der Waals surface area contributed by atoms with Crippen LogP contribution in [0.1, 0.15) is 0 Å². The maximum Gasteiger partial charge on any atom is 0.0562 e. The molecule has 2 aromatic heterocycles. The van der Waals surface area contributed by atoms with Crippen molar-refractivity contribution in [1.29, 1.82) is 0 Å². The van der Waals surface area contributed by atoms with E-state index in [0.717, 1.165) is 28.3 Å². The zero-order valence-corrected chi connectivity index (χ0v) is 34.1. The van der Waals surface area contributed by atoms with Gasteiger partial charge in [0.25, 0.3) is 0 Å². The fourth-order valence-electron chi connectivity index (χ4n) is 9.34. The average molecular weight is 795 g/mol. The minimum Gasteiger partial charge on any atom is -0.310 e. The van der Waals surface area contributed by atoms with Gasteiger partial charge in [-0.3, -0.25) is 0 Å². The number of fused-ring (bicyclic) bond motifs is 7. The molecule has 0 aliphatic carbocycles. The van der Waals surface area contributed by atoms with Crippen molar-refractivity contribution >= 4 is 81.1 Å². The first-order valence-electron chi connectivity index (χ1n) is 20.8. The molecule has 2 heterocycles. The number of hydrogen-bond donors (Lipinski definition) is 0. The summed E-state index contributed by atoms with van der Waals surface area (Å²) in [6.07, 6.45) is 0. The van der Waals surface area contributed by atoms with Gasteiger partial charge in [0.05, 0.1) is 22.4 Å². The summed E-state index contributed by atoms with van der Waals surface area (Å²) in [4.78, 5) is 2.45. The fourth-order valence-corrected chi connectivity index (χ4v) is 10.6. The molecule has 10 aromatic carbocycles. The summed E-state index contributed by atoms with van der Waals surface area (Å²) in [5.74, 6) is 0. The first kappa shape index (κ1) is 35.2. The molecule has 12 aromatic rings. The Morgan fingerprint density at radius 2 is 0.934 bits per heavy atom. The molecule has 0 radical (unpaired) electrons. The van der Waals surface area contributed by atoms with Gasteiger partial charge in [-0.25, -0.2) is 0 Å². The third-order valence-corrected chi connectivity index (χ3v) is 13.4. The summed E-state index contributed by atoms with van der Waals surface area (Å²) >= 11 is 1.88. The molecule has 0 atom stereocenters. The maximum atomic E-state index is 2.49. The lowest BCUT2D eigenvalue weighted by Crippen LogP contribution is -2.11. The van der Waals surface area contributed by atoms with Crippen molar-refractivity contribution in [3.05, 3.63) is 231 Å². The van der Waals surface area contributed by atoms with Crippen LogP contribution in [0.3, 0.4) is 0 Å². The second kappa shape index (κ2) is 14.5. The molecular formula is C58H38N2S. The smallest absolute Gasteiger partial charge is 0.0562 e. The summed E-state index contributed by atoms with van der Waals surface area (Å²) in [6, 6.07) is 84.3. The molecule has 0 N–H and O–H groups in total. The van der Waals surface area contributed by atoms with Crippen LogP contribution in [0.25, 0.3) is 91.8 Å². The van der Waals surface area contributed by atoms with Gasteiger partial charge in [0.1, 0.15) is 0 Å². The van der Waals surface area contributed by atoms with E-state index in [1.165, 1.54) is 80.6 Å². The van der Waals surface area contributed by atoms with Crippen LogP contribution in [0.4, 0.5) is 17.1 Å². The summed E-state index contributed by atoms with van der Waals surface area (Å²) in [5, 5.41) is 7.47. The van der Waals surface area contributed by atoms with E-state index in [0.29, 0.717) is 0 Å². The van der Waals surface area contributed by atoms with Crippen LogP contribution < -0.4 is 4.90 Å². The summed E-state index contributed by atoms with van der Waals surface area (Å²) < 4.78 is 5.11. The molecule has 61 heavy (non-hydrogen) atoms. The SMILES string of the molecule is c1ccc(-c2ccc(N(c3ccc4c5ccccc5n(-c5ccccc5-c5cccc6c5sc5ccccc56)c4c3)c3cc4ccccc4cc3-c3ccccc3)cc2)cc1. The van der Waals surface area contributed by atoms with Crippen molar-refractivity contribution in [1.82, 2.24) is 4.57 Å². The van der Waals surface area contributed by atoms with Crippen LogP contribution in [-0.2, 0) is 0 Å².